The van der Waals surface area contributed by atoms with E-state index in [2.05, 4.69) is 10.2 Å². The van der Waals surface area contributed by atoms with Crippen molar-refractivity contribution in [1.29, 1.82) is 0 Å². The van der Waals surface area contributed by atoms with E-state index in [1.165, 1.54) is 32.5 Å². The molecule has 2 fully saturated rings. The van der Waals surface area contributed by atoms with Gasteiger partial charge >= 0.3 is 0 Å². The van der Waals surface area contributed by atoms with Crippen LogP contribution in [0.3, 0.4) is 0 Å². The van der Waals surface area contributed by atoms with E-state index in [4.69, 9.17) is 9.47 Å². The summed E-state index contributed by atoms with van der Waals surface area (Å²) in [5.74, 6) is 0.887. The third-order valence-corrected chi connectivity index (χ3v) is 3.84. The zero-order chi connectivity index (χ0) is 11.9. The molecule has 0 aliphatic carbocycles. The SMILES string of the molecule is COCCC1CN(CC2CCNCC2)CCO1. The van der Waals surface area contributed by atoms with E-state index in [9.17, 15) is 0 Å². The van der Waals surface area contributed by atoms with Gasteiger partial charge in [0.2, 0.25) is 0 Å². The molecule has 1 atom stereocenters. The second kappa shape index (κ2) is 7.31. The molecule has 2 rings (SSSR count). The Morgan fingerprint density at radius 2 is 2.18 bits per heavy atom. The second-order valence-corrected chi connectivity index (χ2v) is 5.23. The highest BCUT2D eigenvalue weighted by molar-refractivity contribution is 4.77. The number of nitrogens with one attached hydrogen (secondary N) is 1. The van der Waals surface area contributed by atoms with Crippen LogP contribution in [0.2, 0.25) is 0 Å². The molecule has 1 N–H and O–H groups in total. The van der Waals surface area contributed by atoms with Crippen molar-refractivity contribution in [3.8, 4) is 0 Å². The Labute approximate surface area is 105 Å². The first-order valence-corrected chi connectivity index (χ1v) is 6.92. The molecular weight excluding hydrogens is 216 g/mol. The van der Waals surface area contributed by atoms with Crippen LogP contribution in [0.4, 0.5) is 0 Å². The highest BCUT2D eigenvalue weighted by Gasteiger charge is 2.23. The molecule has 0 bridgehead atoms. The molecule has 2 aliphatic heterocycles. The fourth-order valence-corrected chi connectivity index (χ4v) is 2.80. The quantitative estimate of drug-likeness (QED) is 0.770. The lowest BCUT2D eigenvalue weighted by atomic mass is 9.97. The van der Waals surface area contributed by atoms with Crippen molar-refractivity contribution >= 4 is 0 Å². The molecule has 0 aromatic rings. The average molecular weight is 242 g/mol. The van der Waals surface area contributed by atoms with Gasteiger partial charge in [0.25, 0.3) is 0 Å². The standard InChI is InChI=1S/C13H26N2O2/c1-16-8-4-13-11-15(7-9-17-13)10-12-2-5-14-6-3-12/h12-14H,2-11H2,1H3. The van der Waals surface area contributed by atoms with Gasteiger partial charge < -0.3 is 14.8 Å². The van der Waals surface area contributed by atoms with Crippen molar-refractivity contribution in [1.82, 2.24) is 10.2 Å². The first kappa shape index (κ1) is 13.3. The van der Waals surface area contributed by atoms with Gasteiger partial charge in [-0.3, -0.25) is 4.90 Å². The molecule has 4 nitrogen and oxygen atoms in total. The van der Waals surface area contributed by atoms with Gasteiger partial charge in [0.1, 0.15) is 0 Å². The summed E-state index contributed by atoms with van der Waals surface area (Å²) < 4.78 is 10.9. The summed E-state index contributed by atoms with van der Waals surface area (Å²) in [6.07, 6.45) is 4.07. The lowest BCUT2D eigenvalue weighted by Crippen LogP contribution is -2.46. The first-order chi connectivity index (χ1) is 8.38. The van der Waals surface area contributed by atoms with E-state index >= 15 is 0 Å². The van der Waals surface area contributed by atoms with E-state index in [1.54, 1.807) is 7.11 Å². The summed E-state index contributed by atoms with van der Waals surface area (Å²) in [4.78, 5) is 2.58. The maximum atomic E-state index is 5.77. The van der Waals surface area contributed by atoms with E-state index in [0.717, 1.165) is 38.6 Å². The number of piperidine rings is 1. The second-order valence-electron chi connectivity index (χ2n) is 5.23. The van der Waals surface area contributed by atoms with Crippen LogP contribution < -0.4 is 5.32 Å². The summed E-state index contributed by atoms with van der Waals surface area (Å²) in [6, 6.07) is 0. The van der Waals surface area contributed by atoms with E-state index in [1.807, 2.05) is 0 Å². The number of methoxy groups -OCH3 is 1. The Hall–Kier alpha value is -0.160. The van der Waals surface area contributed by atoms with Crippen molar-refractivity contribution in [3.63, 3.8) is 0 Å². The Morgan fingerprint density at radius 1 is 1.35 bits per heavy atom. The van der Waals surface area contributed by atoms with Crippen LogP contribution in [-0.2, 0) is 9.47 Å². The van der Waals surface area contributed by atoms with Crippen molar-refractivity contribution in [3.05, 3.63) is 0 Å². The molecule has 0 amide bonds. The van der Waals surface area contributed by atoms with Crippen LogP contribution in [0.1, 0.15) is 19.3 Å². The van der Waals surface area contributed by atoms with Crippen molar-refractivity contribution < 1.29 is 9.47 Å². The number of hydrogen-bond donors (Lipinski definition) is 1. The van der Waals surface area contributed by atoms with Crippen LogP contribution in [0.15, 0.2) is 0 Å². The number of rotatable bonds is 5. The van der Waals surface area contributed by atoms with Gasteiger partial charge in [-0.15, -0.1) is 0 Å². The topological polar surface area (TPSA) is 33.7 Å². The fraction of sp³-hybridized carbons (Fsp3) is 1.00. The highest BCUT2D eigenvalue weighted by atomic mass is 16.5. The summed E-state index contributed by atoms with van der Waals surface area (Å²) in [7, 11) is 1.76. The van der Waals surface area contributed by atoms with Gasteiger partial charge in [0, 0.05) is 33.4 Å². The van der Waals surface area contributed by atoms with Crippen LogP contribution in [0.5, 0.6) is 0 Å². The summed E-state index contributed by atoms with van der Waals surface area (Å²) >= 11 is 0. The third kappa shape index (κ3) is 4.54. The van der Waals surface area contributed by atoms with Crippen LogP contribution in [0.25, 0.3) is 0 Å². The van der Waals surface area contributed by atoms with E-state index in [0.29, 0.717) is 6.10 Å². The predicted octanol–water partition coefficient (Wildman–Crippen LogP) is 0.723. The van der Waals surface area contributed by atoms with Gasteiger partial charge in [-0.1, -0.05) is 0 Å². The monoisotopic (exact) mass is 242 g/mol. The fourth-order valence-electron chi connectivity index (χ4n) is 2.80. The van der Waals surface area contributed by atoms with E-state index < -0.39 is 0 Å². The smallest absolute Gasteiger partial charge is 0.0724 e. The minimum atomic E-state index is 0.380. The molecule has 100 valence electrons. The zero-order valence-electron chi connectivity index (χ0n) is 11.0. The molecule has 1 unspecified atom stereocenters. The van der Waals surface area contributed by atoms with E-state index in [-0.39, 0.29) is 0 Å². The molecule has 4 heteroatoms. The lowest BCUT2D eigenvalue weighted by molar-refractivity contribution is -0.0454. The summed E-state index contributed by atoms with van der Waals surface area (Å²) in [6.45, 7) is 7.55. The van der Waals surface area contributed by atoms with Gasteiger partial charge in [-0.25, -0.2) is 0 Å². The average Bonchev–Trinajstić information content (AvgIpc) is 2.38. The van der Waals surface area contributed by atoms with Gasteiger partial charge in [0.15, 0.2) is 0 Å². The van der Waals surface area contributed by atoms with Crippen LogP contribution in [-0.4, -0.2) is 64.1 Å². The molecule has 17 heavy (non-hydrogen) atoms. The lowest BCUT2D eigenvalue weighted by Gasteiger charge is -2.36. The number of ether oxygens (including phenoxy) is 2. The molecule has 0 radical (unpaired) electrons. The van der Waals surface area contributed by atoms with Gasteiger partial charge in [0.05, 0.1) is 12.7 Å². The maximum absolute atomic E-state index is 5.77. The predicted molar refractivity (Wildman–Crippen MR) is 68.3 cm³/mol. The van der Waals surface area contributed by atoms with Crippen molar-refractivity contribution in [2.24, 2.45) is 5.92 Å². The Kier molecular flexibility index (Phi) is 5.71. The maximum Gasteiger partial charge on any atom is 0.0724 e. The third-order valence-electron chi connectivity index (χ3n) is 3.84. The molecule has 0 saturated carbocycles. The zero-order valence-corrected chi connectivity index (χ0v) is 11.0. The van der Waals surface area contributed by atoms with Crippen LogP contribution >= 0.6 is 0 Å². The van der Waals surface area contributed by atoms with Gasteiger partial charge in [-0.05, 0) is 38.3 Å². The number of nitrogens with zero attached hydrogens (tertiary/aromatic N) is 1. The summed E-state index contributed by atoms with van der Waals surface area (Å²) in [5, 5.41) is 3.43. The van der Waals surface area contributed by atoms with Crippen LogP contribution in [0, 0.1) is 5.92 Å². The Balaban J connectivity index is 1.68. The molecule has 0 spiro atoms. The Bertz CT molecular complexity index is 208. The molecule has 2 saturated heterocycles. The van der Waals surface area contributed by atoms with Gasteiger partial charge in [-0.2, -0.15) is 0 Å². The molecule has 2 aliphatic rings. The first-order valence-electron chi connectivity index (χ1n) is 6.92. The Morgan fingerprint density at radius 3 is 2.94 bits per heavy atom. The van der Waals surface area contributed by atoms with Crippen molar-refractivity contribution in [2.45, 2.75) is 25.4 Å². The number of morpholine rings is 1. The molecule has 2 heterocycles. The minimum Gasteiger partial charge on any atom is -0.385 e. The largest absolute Gasteiger partial charge is 0.385 e. The highest BCUT2D eigenvalue weighted by Crippen LogP contribution is 2.16. The van der Waals surface area contributed by atoms with Crippen molar-refractivity contribution in [2.75, 3.05) is 53.0 Å². The molecule has 0 aromatic heterocycles. The minimum absolute atomic E-state index is 0.380. The molecule has 0 aromatic carbocycles. The molecular formula is C13H26N2O2. The normalized spacial score (nSPS) is 28.4. The summed E-state index contributed by atoms with van der Waals surface area (Å²) in [5.41, 5.74) is 0. The number of hydrogen-bond acceptors (Lipinski definition) is 4.